The third-order valence-corrected chi connectivity index (χ3v) is 3.87. The zero-order chi connectivity index (χ0) is 19.6. The number of ether oxygens (including phenoxy) is 1. The number of nitrogens with one attached hydrogen (secondary N) is 3. The van der Waals surface area contributed by atoms with Crippen molar-refractivity contribution in [3.05, 3.63) is 29.3 Å². The molecule has 0 aromatic heterocycles. The van der Waals surface area contributed by atoms with E-state index in [1.807, 2.05) is 34.6 Å². The van der Waals surface area contributed by atoms with Gasteiger partial charge in [0.1, 0.15) is 5.75 Å². The largest absolute Gasteiger partial charge is 0.496 e. The molecule has 0 fully saturated rings. The molecule has 1 amide bonds. The fourth-order valence-electron chi connectivity index (χ4n) is 2.28. The summed E-state index contributed by atoms with van der Waals surface area (Å²) in [5.74, 6) is 1.72. The Bertz CT molecular complexity index is 612. The summed E-state index contributed by atoms with van der Waals surface area (Å²) in [5, 5.41) is 9.39. The molecular formula is C20H35IN4O2. The van der Waals surface area contributed by atoms with Crippen LogP contribution in [0.15, 0.2) is 23.2 Å². The number of carbonyl (C=O) groups excluding carboxylic acids is 1. The molecule has 154 valence electrons. The molecule has 27 heavy (non-hydrogen) atoms. The van der Waals surface area contributed by atoms with E-state index in [9.17, 15) is 4.79 Å². The van der Waals surface area contributed by atoms with E-state index in [2.05, 4.69) is 39.1 Å². The first kappa shape index (κ1) is 25.5. The highest BCUT2D eigenvalue weighted by molar-refractivity contribution is 14.0. The number of guanidine groups is 1. The van der Waals surface area contributed by atoms with Gasteiger partial charge in [0, 0.05) is 31.6 Å². The predicted octanol–water partition coefficient (Wildman–Crippen LogP) is 2.88. The smallest absolute Gasteiger partial charge is 0.225 e. The minimum atomic E-state index is -0.367. The molecule has 7 heteroatoms. The summed E-state index contributed by atoms with van der Waals surface area (Å²) in [6.45, 7) is 12.4. The van der Waals surface area contributed by atoms with Crippen LogP contribution in [-0.2, 0) is 11.2 Å². The van der Waals surface area contributed by atoms with Gasteiger partial charge in [-0.05, 0) is 37.5 Å². The van der Waals surface area contributed by atoms with Crippen molar-refractivity contribution in [2.45, 2.75) is 41.0 Å². The maximum atomic E-state index is 11.8. The number of nitrogens with zero attached hydrogens (tertiary/aromatic N) is 1. The number of methoxy groups -OCH3 is 1. The van der Waals surface area contributed by atoms with Crippen molar-refractivity contribution in [1.29, 1.82) is 0 Å². The van der Waals surface area contributed by atoms with Crippen molar-refractivity contribution in [2.75, 3.05) is 33.3 Å². The third kappa shape index (κ3) is 9.83. The van der Waals surface area contributed by atoms with Crippen LogP contribution in [0.1, 0.15) is 38.8 Å². The van der Waals surface area contributed by atoms with Crippen LogP contribution in [-0.4, -0.2) is 45.2 Å². The highest BCUT2D eigenvalue weighted by Crippen LogP contribution is 2.19. The highest BCUT2D eigenvalue weighted by atomic mass is 127. The van der Waals surface area contributed by atoms with E-state index < -0.39 is 0 Å². The number of aryl methyl sites for hydroxylation is 1. The van der Waals surface area contributed by atoms with Crippen LogP contribution in [0.25, 0.3) is 0 Å². The Hall–Kier alpha value is -1.51. The number of amides is 1. The monoisotopic (exact) mass is 490 g/mol. The highest BCUT2D eigenvalue weighted by Gasteiger charge is 2.20. The summed E-state index contributed by atoms with van der Waals surface area (Å²) in [6, 6.07) is 6.24. The summed E-state index contributed by atoms with van der Waals surface area (Å²) in [5.41, 5.74) is 1.96. The molecule has 0 saturated carbocycles. The molecule has 0 heterocycles. The van der Waals surface area contributed by atoms with Gasteiger partial charge in [-0.3, -0.25) is 9.79 Å². The molecule has 0 spiro atoms. The van der Waals surface area contributed by atoms with E-state index in [0.29, 0.717) is 19.6 Å². The average molecular weight is 490 g/mol. The number of benzene rings is 1. The zero-order valence-corrected chi connectivity index (χ0v) is 19.8. The van der Waals surface area contributed by atoms with Crippen LogP contribution >= 0.6 is 24.0 Å². The van der Waals surface area contributed by atoms with Crippen molar-refractivity contribution in [3.63, 3.8) is 0 Å². The quantitative estimate of drug-likeness (QED) is 0.227. The number of aliphatic imine (C=N–C) groups is 1. The maximum Gasteiger partial charge on any atom is 0.225 e. The average Bonchev–Trinajstić information content (AvgIpc) is 2.58. The molecule has 6 nitrogen and oxygen atoms in total. The summed E-state index contributed by atoms with van der Waals surface area (Å²) in [4.78, 5) is 16.4. The summed E-state index contributed by atoms with van der Waals surface area (Å²) in [7, 11) is 1.69. The third-order valence-electron chi connectivity index (χ3n) is 3.87. The van der Waals surface area contributed by atoms with Gasteiger partial charge >= 0.3 is 0 Å². The topological polar surface area (TPSA) is 74.8 Å². The van der Waals surface area contributed by atoms with E-state index in [1.54, 1.807) is 7.11 Å². The molecule has 0 unspecified atom stereocenters. The number of hydrogen-bond acceptors (Lipinski definition) is 3. The number of carbonyl (C=O) groups is 1. The van der Waals surface area contributed by atoms with Gasteiger partial charge in [0.15, 0.2) is 5.96 Å². The standard InChI is InChI=1S/C20H34N4O2.HI/c1-7-21-19(24-13-12-22-18(25)20(3,4)5)23-11-10-16-9-8-15(2)17(14-16)26-6;/h8-9,14H,7,10-13H2,1-6H3,(H,22,25)(H2,21,23,24);1H. The van der Waals surface area contributed by atoms with Gasteiger partial charge in [-0.2, -0.15) is 0 Å². The first-order chi connectivity index (χ1) is 12.3. The molecule has 0 atom stereocenters. The van der Waals surface area contributed by atoms with Crippen molar-refractivity contribution in [1.82, 2.24) is 16.0 Å². The van der Waals surface area contributed by atoms with Gasteiger partial charge in [0.05, 0.1) is 7.11 Å². The molecule has 0 saturated heterocycles. The molecular weight excluding hydrogens is 455 g/mol. The van der Waals surface area contributed by atoms with Gasteiger partial charge in [-0.15, -0.1) is 24.0 Å². The van der Waals surface area contributed by atoms with Crippen LogP contribution < -0.4 is 20.7 Å². The Morgan fingerprint density at radius 2 is 1.81 bits per heavy atom. The van der Waals surface area contributed by atoms with Gasteiger partial charge in [0.25, 0.3) is 0 Å². The van der Waals surface area contributed by atoms with Crippen molar-refractivity contribution in [3.8, 4) is 5.75 Å². The lowest BCUT2D eigenvalue weighted by atomic mass is 9.96. The van der Waals surface area contributed by atoms with Crippen molar-refractivity contribution in [2.24, 2.45) is 10.4 Å². The number of hydrogen-bond donors (Lipinski definition) is 3. The van der Waals surface area contributed by atoms with Crippen LogP contribution in [0, 0.1) is 12.3 Å². The SMILES string of the molecule is CCNC(=NCCc1ccc(C)c(OC)c1)NCCNC(=O)C(C)(C)C.I. The fraction of sp³-hybridized carbons (Fsp3) is 0.600. The molecule has 1 aromatic rings. The molecule has 0 aliphatic heterocycles. The Labute approximate surface area is 181 Å². The van der Waals surface area contributed by atoms with Crippen LogP contribution in [0.4, 0.5) is 0 Å². The predicted molar refractivity (Wildman–Crippen MR) is 123 cm³/mol. The Morgan fingerprint density at radius 3 is 2.41 bits per heavy atom. The van der Waals surface area contributed by atoms with Crippen LogP contribution in [0.5, 0.6) is 5.75 Å². The molecule has 1 rings (SSSR count). The number of halogens is 1. The van der Waals surface area contributed by atoms with Gasteiger partial charge < -0.3 is 20.7 Å². The van der Waals surface area contributed by atoms with Crippen molar-refractivity contribution >= 4 is 35.8 Å². The summed E-state index contributed by atoms with van der Waals surface area (Å²) >= 11 is 0. The normalized spacial score (nSPS) is 11.4. The van der Waals surface area contributed by atoms with Crippen molar-refractivity contribution < 1.29 is 9.53 Å². The lowest BCUT2D eigenvalue weighted by Crippen LogP contribution is -2.43. The number of rotatable bonds is 8. The van der Waals surface area contributed by atoms with E-state index in [-0.39, 0.29) is 35.3 Å². The van der Waals surface area contributed by atoms with E-state index >= 15 is 0 Å². The maximum absolute atomic E-state index is 11.8. The first-order valence-electron chi connectivity index (χ1n) is 9.22. The second kappa shape index (κ2) is 12.8. The Balaban J connectivity index is 0.00000676. The lowest BCUT2D eigenvalue weighted by Gasteiger charge is -2.18. The molecule has 0 bridgehead atoms. The fourth-order valence-corrected chi connectivity index (χ4v) is 2.28. The minimum Gasteiger partial charge on any atom is -0.496 e. The molecule has 0 radical (unpaired) electrons. The summed E-state index contributed by atoms with van der Waals surface area (Å²) in [6.07, 6.45) is 0.841. The van der Waals surface area contributed by atoms with Crippen LogP contribution in [0.3, 0.4) is 0 Å². The molecule has 1 aromatic carbocycles. The first-order valence-corrected chi connectivity index (χ1v) is 9.22. The molecule has 0 aliphatic rings. The van der Waals surface area contributed by atoms with E-state index in [1.165, 1.54) is 5.56 Å². The summed E-state index contributed by atoms with van der Waals surface area (Å²) < 4.78 is 5.37. The van der Waals surface area contributed by atoms with Gasteiger partial charge in [-0.25, -0.2) is 0 Å². The second-order valence-electron chi connectivity index (χ2n) is 7.25. The minimum absolute atomic E-state index is 0. The lowest BCUT2D eigenvalue weighted by molar-refractivity contribution is -0.128. The van der Waals surface area contributed by atoms with E-state index in [4.69, 9.17) is 4.74 Å². The zero-order valence-electron chi connectivity index (χ0n) is 17.4. The molecule has 0 aliphatic carbocycles. The second-order valence-corrected chi connectivity index (χ2v) is 7.25. The Morgan fingerprint density at radius 1 is 1.15 bits per heavy atom. The van der Waals surface area contributed by atoms with Gasteiger partial charge in [0.2, 0.25) is 5.91 Å². The van der Waals surface area contributed by atoms with E-state index in [0.717, 1.165) is 30.2 Å². The Kier molecular flexibility index (Phi) is 12.1. The van der Waals surface area contributed by atoms with Gasteiger partial charge in [-0.1, -0.05) is 32.9 Å². The van der Waals surface area contributed by atoms with Crippen LogP contribution in [0.2, 0.25) is 0 Å². The molecule has 3 N–H and O–H groups in total.